The van der Waals surface area contributed by atoms with Gasteiger partial charge < -0.3 is 0 Å². The van der Waals surface area contributed by atoms with Gasteiger partial charge in [0.1, 0.15) is 0 Å². The summed E-state index contributed by atoms with van der Waals surface area (Å²) in [4.78, 5) is 0. The van der Waals surface area contributed by atoms with Crippen molar-refractivity contribution >= 4 is 24.2 Å². The highest BCUT2D eigenvalue weighted by Crippen LogP contribution is 2.66. The Morgan fingerprint density at radius 2 is 0.909 bits per heavy atom. The van der Waals surface area contributed by atoms with Crippen LogP contribution >= 0.6 is 24.2 Å². The molecule has 2 aliphatic heterocycles. The molecule has 0 atom stereocenters. The fourth-order valence-electron chi connectivity index (χ4n) is 2.64. The molecule has 0 aromatic rings. The summed E-state index contributed by atoms with van der Waals surface area (Å²) in [7, 11) is -0.241. The van der Waals surface area contributed by atoms with E-state index in [2.05, 4.69) is 0 Å². The van der Waals surface area contributed by atoms with Crippen LogP contribution in [0.15, 0.2) is 0 Å². The van der Waals surface area contributed by atoms with Gasteiger partial charge in [-0.3, -0.25) is 0 Å². The predicted molar refractivity (Wildman–Crippen MR) is 59.8 cm³/mol. The summed E-state index contributed by atoms with van der Waals surface area (Å²) < 4.78 is 0. The molecule has 1 radical (unpaired) electrons. The molecule has 2 saturated heterocycles. The zero-order valence-corrected chi connectivity index (χ0v) is 9.83. The zero-order chi connectivity index (χ0) is 6.86. The molecule has 2 aliphatic rings. The van der Waals surface area contributed by atoms with Gasteiger partial charge in [-0.25, -0.2) is 0 Å². The van der Waals surface area contributed by atoms with Crippen LogP contribution in [0.5, 0.6) is 0 Å². The van der Waals surface area contributed by atoms with Crippen LogP contribution < -0.4 is 0 Å². The Bertz CT molecular complexity index is 111. The molecule has 0 aliphatic carbocycles. The first kappa shape index (κ1) is 9.99. The smallest absolute Gasteiger partial charge is 0.0359 e. The van der Waals surface area contributed by atoms with Crippen molar-refractivity contribution < 1.29 is 0 Å². The molecule has 2 rings (SSSR count). The minimum Gasteiger partial charge on any atom is -0.125 e. The lowest BCUT2D eigenvalue weighted by molar-refractivity contribution is 0.745. The van der Waals surface area contributed by atoms with Crippen LogP contribution in [0.4, 0.5) is 0 Å². The van der Waals surface area contributed by atoms with E-state index in [1.165, 1.54) is 0 Å². The van der Waals surface area contributed by atoms with Crippen molar-refractivity contribution in [3.05, 3.63) is 0 Å². The van der Waals surface area contributed by atoms with Crippen molar-refractivity contribution in [2.45, 2.75) is 32.1 Å². The van der Waals surface area contributed by atoms with Crippen LogP contribution in [0.25, 0.3) is 0 Å². The monoisotopic (exact) mass is 237 g/mol. The van der Waals surface area contributed by atoms with E-state index in [4.69, 9.17) is 0 Å². The maximum atomic E-state index is 1.67. The highest BCUT2D eigenvalue weighted by Gasteiger charge is 2.31. The molecule has 0 aromatic heterocycles. The number of rotatable bonds is 0. The molecule has 0 bridgehead atoms. The molecule has 0 saturated carbocycles. The molecule has 11 heavy (non-hydrogen) atoms. The molecule has 1 spiro atoms. The molecule has 2 heterocycles. The highest BCUT2D eigenvalue weighted by atomic mass is 79.9. The summed E-state index contributed by atoms with van der Waals surface area (Å²) in [6.45, 7) is 0. The minimum absolute atomic E-state index is 0. The van der Waals surface area contributed by atoms with Crippen molar-refractivity contribution in [2.75, 3.05) is 24.6 Å². The summed E-state index contributed by atoms with van der Waals surface area (Å²) in [5.74, 6) is 0. The zero-order valence-electron chi connectivity index (χ0n) is 7.22. The van der Waals surface area contributed by atoms with Gasteiger partial charge >= 0.3 is 0 Å². The Morgan fingerprint density at radius 1 is 0.545 bits per heavy atom. The van der Waals surface area contributed by atoms with Crippen molar-refractivity contribution in [1.82, 2.24) is 0 Å². The number of halogens is 1. The van der Waals surface area contributed by atoms with E-state index in [9.17, 15) is 0 Å². The predicted octanol–water partition coefficient (Wildman–Crippen LogP) is 3.56. The second-order valence-corrected chi connectivity index (χ2v) is 8.48. The lowest BCUT2D eigenvalue weighted by Crippen LogP contribution is -2.10. The van der Waals surface area contributed by atoms with Gasteiger partial charge in [-0.15, -0.1) is 24.2 Å². The average molecular weight is 238 g/mol. The number of hydrogen-bond acceptors (Lipinski definition) is 0. The summed E-state index contributed by atoms with van der Waals surface area (Å²) in [6.07, 6.45) is 14.5. The summed E-state index contributed by atoms with van der Waals surface area (Å²) in [5, 5.41) is 0. The summed E-state index contributed by atoms with van der Waals surface area (Å²) >= 11 is 0. The van der Waals surface area contributed by atoms with Gasteiger partial charge in [0.15, 0.2) is 0 Å². The van der Waals surface area contributed by atoms with E-state index in [0.717, 1.165) is 0 Å². The van der Waals surface area contributed by atoms with Crippen molar-refractivity contribution in [3.63, 3.8) is 0 Å². The topological polar surface area (TPSA) is 0 Å². The van der Waals surface area contributed by atoms with Gasteiger partial charge in [-0.2, -0.15) is 0 Å². The summed E-state index contributed by atoms with van der Waals surface area (Å²) in [6, 6.07) is 0. The van der Waals surface area contributed by atoms with E-state index in [0.29, 0.717) is 0 Å². The van der Waals surface area contributed by atoms with Gasteiger partial charge in [0.2, 0.25) is 0 Å². The van der Waals surface area contributed by atoms with E-state index in [1.807, 2.05) is 0 Å². The molecule has 0 aromatic carbocycles. The van der Waals surface area contributed by atoms with Crippen LogP contribution in [0.1, 0.15) is 32.1 Å². The van der Waals surface area contributed by atoms with Crippen LogP contribution in [-0.4, -0.2) is 24.6 Å². The fourth-order valence-corrected chi connectivity index (χ4v) is 7.56. The highest BCUT2D eigenvalue weighted by molar-refractivity contribution is 8.93. The average Bonchev–Trinajstić information content (AvgIpc) is 2.39. The van der Waals surface area contributed by atoms with E-state index in [1.54, 1.807) is 56.8 Å². The SMILES string of the molecule is Br.C1CC[P]2(CC1)CCCC2. The molecule has 0 unspecified atom stereocenters. The second-order valence-electron chi connectivity index (χ2n) is 4.00. The molecule has 0 nitrogen and oxygen atoms in total. The van der Waals surface area contributed by atoms with Crippen LogP contribution in [0.2, 0.25) is 0 Å². The standard InChI is InChI=1S/C9H18P.BrH/c1-2-6-10(7-3-1)8-4-5-9-10;/h1-9H2;1H. The first-order valence-electron chi connectivity index (χ1n) is 4.76. The molecule has 0 amide bonds. The van der Waals surface area contributed by atoms with Crippen molar-refractivity contribution in [1.29, 1.82) is 0 Å². The van der Waals surface area contributed by atoms with Gasteiger partial charge in [0, 0.05) is 0 Å². The molecule has 2 fully saturated rings. The number of hydrogen-bond donors (Lipinski definition) is 0. The van der Waals surface area contributed by atoms with Gasteiger partial charge in [0.05, 0.1) is 0 Å². The van der Waals surface area contributed by atoms with Crippen LogP contribution in [0, 0.1) is 0 Å². The van der Waals surface area contributed by atoms with E-state index < -0.39 is 0 Å². The van der Waals surface area contributed by atoms with E-state index >= 15 is 0 Å². The first-order chi connectivity index (χ1) is 4.91. The third-order valence-electron chi connectivity index (χ3n) is 3.28. The minimum atomic E-state index is -0.241. The second kappa shape index (κ2) is 4.23. The Morgan fingerprint density at radius 3 is 1.36 bits per heavy atom. The molecule has 0 N–H and O–H groups in total. The maximum absolute atomic E-state index is 1.67. The van der Waals surface area contributed by atoms with Crippen LogP contribution in [0.3, 0.4) is 0 Å². The maximum Gasteiger partial charge on any atom is -0.0359 e. The van der Waals surface area contributed by atoms with Gasteiger partial charge in [-0.1, -0.05) is 6.42 Å². The third kappa shape index (κ3) is 2.18. The molecular weight excluding hydrogens is 219 g/mol. The van der Waals surface area contributed by atoms with Crippen molar-refractivity contribution in [2.24, 2.45) is 0 Å². The van der Waals surface area contributed by atoms with Crippen molar-refractivity contribution in [3.8, 4) is 0 Å². The first-order valence-corrected chi connectivity index (χ1v) is 7.29. The lowest BCUT2D eigenvalue weighted by Gasteiger charge is -2.35. The van der Waals surface area contributed by atoms with Gasteiger partial charge in [0.25, 0.3) is 0 Å². The summed E-state index contributed by atoms with van der Waals surface area (Å²) in [5.41, 5.74) is 0. The van der Waals surface area contributed by atoms with Gasteiger partial charge in [-0.05, 0) is 50.3 Å². The van der Waals surface area contributed by atoms with E-state index in [-0.39, 0.29) is 24.2 Å². The van der Waals surface area contributed by atoms with Crippen LogP contribution in [-0.2, 0) is 0 Å². The molecule has 67 valence electrons. The fraction of sp³-hybridized carbons (Fsp3) is 1.00. The Balaban J connectivity index is 0.000000605. The Kier molecular flexibility index (Phi) is 3.85. The molecule has 2 heteroatoms. The quantitative estimate of drug-likeness (QED) is 0.566. The molecular formula is C9H19BrP. The Hall–Kier alpha value is 0.910. The lowest BCUT2D eigenvalue weighted by atomic mass is 10.3. The normalized spacial score (nSPS) is 28.4. The third-order valence-corrected chi connectivity index (χ3v) is 8.34. The largest absolute Gasteiger partial charge is 0.125 e. The Labute approximate surface area is 81.2 Å².